The van der Waals surface area contributed by atoms with Gasteiger partial charge in [0.05, 0.1) is 23.5 Å². The smallest absolute Gasteiger partial charge is 0.255 e. The summed E-state index contributed by atoms with van der Waals surface area (Å²) in [5.74, 6) is 1.51. The number of aromatic nitrogens is 6. The van der Waals surface area contributed by atoms with E-state index in [1.165, 1.54) is 12.4 Å². The van der Waals surface area contributed by atoms with Gasteiger partial charge in [-0.1, -0.05) is 35.9 Å². The van der Waals surface area contributed by atoms with Crippen molar-refractivity contribution in [3.63, 3.8) is 0 Å². The number of piperazine rings is 1. The van der Waals surface area contributed by atoms with Crippen LogP contribution in [0, 0.1) is 0 Å². The first kappa shape index (κ1) is 19.1. The number of hydrogen-bond acceptors (Lipinski definition) is 8. The number of nitrogens with zero attached hydrogens (tertiary/aromatic N) is 8. The van der Waals surface area contributed by atoms with Crippen molar-refractivity contribution in [1.29, 1.82) is 0 Å². The fraction of sp³-hybridized carbons (Fsp3) is 0.273. The fourth-order valence-electron chi connectivity index (χ4n) is 4.80. The van der Waals surface area contributed by atoms with Crippen molar-refractivity contribution in [2.24, 2.45) is 7.05 Å². The van der Waals surface area contributed by atoms with Crippen molar-refractivity contribution < 1.29 is 0 Å². The Labute approximate surface area is 188 Å². The lowest BCUT2D eigenvalue weighted by Crippen LogP contribution is -2.48. The first-order valence-corrected chi connectivity index (χ1v) is 10.8. The van der Waals surface area contributed by atoms with Crippen LogP contribution in [0.1, 0.15) is 6.42 Å². The molecule has 5 heterocycles. The molecule has 0 N–H and O–H groups in total. The number of rotatable bonds is 3. The van der Waals surface area contributed by atoms with Crippen molar-refractivity contribution in [2.75, 3.05) is 22.9 Å². The highest BCUT2D eigenvalue weighted by atomic mass is 35.5. The summed E-state index contributed by atoms with van der Waals surface area (Å²) in [4.78, 5) is 30.2. The molecule has 0 saturated carbocycles. The maximum Gasteiger partial charge on any atom is 0.255 e. The van der Waals surface area contributed by atoms with Gasteiger partial charge in [0.2, 0.25) is 5.95 Å². The standard InChI is InChI=1S/C22H19ClN8O/c1-29-19(32)9-18(17-6-7-24-12-25-17)26-22(29)31-11-13-8-14(31)10-30(13)21-16-5-3-2-4-15(16)20(23)27-28-21/h2-7,9,12-14H,8,10-11H2,1H3. The highest BCUT2D eigenvalue weighted by Gasteiger charge is 2.45. The molecule has 4 aromatic rings. The third kappa shape index (κ3) is 2.92. The number of halogens is 1. The van der Waals surface area contributed by atoms with Gasteiger partial charge in [0.1, 0.15) is 6.33 Å². The van der Waals surface area contributed by atoms with E-state index in [9.17, 15) is 4.79 Å². The third-order valence-electron chi connectivity index (χ3n) is 6.35. The molecule has 2 aliphatic heterocycles. The number of fused-ring (bicyclic) bond motifs is 3. The van der Waals surface area contributed by atoms with Crippen molar-refractivity contribution in [1.82, 2.24) is 29.7 Å². The van der Waals surface area contributed by atoms with Crippen molar-refractivity contribution >= 4 is 34.1 Å². The summed E-state index contributed by atoms with van der Waals surface area (Å²) in [6.07, 6.45) is 4.07. The Hall–Kier alpha value is -3.59. The van der Waals surface area contributed by atoms with Crippen LogP contribution in [0.25, 0.3) is 22.2 Å². The fourth-order valence-corrected chi connectivity index (χ4v) is 5.00. The molecule has 0 amide bonds. The molecule has 2 fully saturated rings. The lowest BCUT2D eigenvalue weighted by atomic mass is 10.1. The van der Waals surface area contributed by atoms with Crippen LogP contribution in [0.5, 0.6) is 0 Å². The predicted molar refractivity (Wildman–Crippen MR) is 122 cm³/mol. The molecule has 2 aliphatic rings. The zero-order valence-electron chi connectivity index (χ0n) is 17.3. The average molecular weight is 447 g/mol. The van der Waals surface area contributed by atoms with Gasteiger partial charge in [-0.15, -0.1) is 10.2 Å². The van der Waals surface area contributed by atoms with Crippen molar-refractivity contribution in [3.05, 3.63) is 64.4 Å². The molecule has 3 aromatic heterocycles. The second kappa shape index (κ2) is 7.23. The zero-order chi connectivity index (χ0) is 21.8. The van der Waals surface area contributed by atoms with E-state index < -0.39 is 0 Å². The molecule has 10 heteroatoms. The molecule has 160 valence electrons. The summed E-state index contributed by atoms with van der Waals surface area (Å²) in [6, 6.07) is 11.7. The van der Waals surface area contributed by atoms with E-state index in [1.54, 1.807) is 23.9 Å². The van der Waals surface area contributed by atoms with Crippen LogP contribution in [0.3, 0.4) is 0 Å². The van der Waals surface area contributed by atoms with Crippen LogP contribution in [0.2, 0.25) is 5.15 Å². The van der Waals surface area contributed by atoms with Crippen LogP contribution < -0.4 is 15.4 Å². The van der Waals surface area contributed by atoms with Gasteiger partial charge in [-0.2, -0.15) is 0 Å². The van der Waals surface area contributed by atoms with E-state index in [1.807, 2.05) is 24.3 Å². The SMILES string of the molecule is Cn1c(N2CC3CC2CN3c2nnc(Cl)c3ccccc23)nc(-c2ccncn2)cc1=O. The Morgan fingerprint density at radius 3 is 2.53 bits per heavy atom. The van der Waals surface area contributed by atoms with Gasteiger partial charge in [-0.05, 0) is 12.5 Å². The number of benzene rings is 1. The first-order chi connectivity index (χ1) is 15.6. The summed E-state index contributed by atoms with van der Waals surface area (Å²) in [5.41, 5.74) is 1.07. The van der Waals surface area contributed by atoms with Gasteiger partial charge < -0.3 is 9.80 Å². The minimum absolute atomic E-state index is 0.113. The lowest BCUT2D eigenvalue weighted by Gasteiger charge is -2.36. The highest BCUT2D eigenvalue weighted by molar-refractivity contribution is 6.34. The molecule has 2 bridgehead atoms. The summed E-state index contributed by atoms with van der Waals surface area (Å²) in [6.45, 7) is 1.52. The normalized spacial score (nSPS) is 19.8. The summed E-state index contributed by atoms with van der Waals surface area (Å²) in [7, 11) is 1.76. The molecular formula is C22H19ClN8O. The minimum atomic E-state index is -0.113. The van der Waals surface area contributed by atoms with Crippen molar-refractivity contribution in [3.8, 4) is 11.4 Å². The molecule has 2 atom stereocenters. The van der Waals surface area contributed by atoms with E-state index in [-0.39, 0.29) is 17.6 Å². The molecule has 9 nitrogen and oxygen atoms in total. The molecule has 1 aromatic carbocycles. The Morgan fingerprint density at radius 2 is 1.78 bits per heavy atom. The Morgan fingerprint density at radius 1 is 1.00 bits per heavy atom. The van der Waals surface area contributed by atoms with Crippen LogP contribution in [-0.4, -0.2) is 54.9 Å². The largest absolute Gasteiger partial charge is 0.348 e. The van der Waals surface area contributed by atoms with Crippen LogP contribution in [0.4, 0.5) is 11.8 Å². The topological polar surface area (TPSA) is 92.9 Å². The van der Waals surface area contributed by atoms with E-state index in [0.29, 0.717) is 22.5 Å². The van der Waals surface area contributed by atoms with E-state index in [0.717, 1.165) is 36.1 Å². The molecule has 0 aliphatic carbocycles. The molecule has 32 heavy (non-hydrogen) atoms. The maximum absolute atomic E-state index is 12.7. The third-order valence-corrected chi connectivity index (χ3v) is 6.63. The molecular weight excluding hydrogens is 428 g/mol. The van der Waals surface area contributed by atoms with E-state index in [4.69, 9.17) is 16.6 Å². The maximum atomic E-state index is 12.7. The molecule has 2 unspecified atom stereocenters. The average Bonchev–Trinajstić information content (AvgIpc) is 3.43. The van der Waals surface area contributed by atoms with Crippen LogP contribution in [-0.2, 0) is 7.05 Å². The Balaban J connectivity index is 1.34. The van der Waals surface area contributed by atoms with Crippen LogP contribution >= 0.6 is 11.6 Å². The zero-order valence-corrected chi connectivity index (χ0v) is 18.0. The Kier molecular flexibility index (Phi) is 4.32. The number of hydrogen-bond donors (Lipinski definition) is 0. The lowest BCUT2D eigenvalue weighted by molar-refractivity contribution is 0.610. The van der Waals surface area contributed by atoms with Gasteiger partial charge in [-0.3, -0.25) is 9.36 Å². The quantitative estimate of drug-likeness (QED) is 0.473. The minimum Gasteiger partial charge on any atom is -0.348 e. The van der Waals surface area contributed by atoms with Crippen molar-refractivity contribution in [2.45, 2.75) is 18.5 Å². The van der Waals surface area contributed by atoms with E-state index >= 15 is 0 Å². The summed E-state index contributed by atoms with van der Waals surface area (Å²) >= 11 is 6.27. The van der Waals surface area contributed by atoms with E-state index in [2.05, 4.69) is 30.0 Å². The first-order valence-electron chi connectivity index (χ1n) is 10.4. The van der Waals surface area contributed by atoms with Gasteiger partial charge in [0.15, 0.2) is 11.0 Å². The molecule has 2 saturated heterocycles. The van der Waals surface area contributed by atoms with Gasteiger partial charge in [0.25, 0.3) is 5.56 Å². The second-order valence-corrected chi connectivity index (χ2v) is 8.50. The summed E-state index contributed by atoms with van der Waals surface area (Å²) < 4.78 is 1.60. The monoisotopic (exact) mass is 446 g/mol. The van der Waals surface area contributed by atoms with Gasteiger partial charge in [-0.25, -0.2) is 15.0 Å². The Bertz CT molecular complexity index is 1390. The van der Waals surface area contributed by atoms with Crippen LogP contribution in [0.15, 0.2) is 53.7 Å². The summed E-state index contributed by atoms with van der Waals surface area (Å²) in [5, 5.41) is 10.9. The predicted octanol–water partition coefficient (Wildman–Crippen LogP) is 2.30. The van der Waals surface area contributed by atoms with Gasteiger partial charge in [0, 0.05) is 43.2 Å². The molecule has 0 spiro atoms. The van der Waals surface area contributed by atoms with Gasteiger partial charge >= 0.3 is 0 Å². The highest BCUT2D eigenvalue weighted by Crippen LogP contribution is 2.39. The number of anilines is 2. The molecule has 6 rings (SSSR count). The molecule has 0 radical (unpaired) electrons. The second-order valence-electron chi connectivity index (χ2n) is 8.14.